The van der Waals surface area contributed by atoms with Gasteiger partial charge in [-0.1, -0.05) is 0 Å². The third-order valence-corrected chi connectivity index (χ3v) is 3.87. The van der Waals surface area contributed by atoms with Gasteiger partial charge in [-0.05, 0) is 35.9 Å². The van der Waals surface area contributed by atoms with E-state index in [0.29, 0.717) is 5.56 Å². The number of benzene rings is 2. The fourth-order valence-electron chi connectivity index (χ4n) is 2.49. The van der Waals surface area contributed by atoms with Crippen molar-refractivity contribution < 1.29 is 34.3 Å². The Kier molecular flexibility index (Phi) is 5.71. The summed E-state index contributed by atoms with van der Waals surface area (Å²) in [6.07, 6.45) is 0. The molecule has 0 spiro atoms. The van der Waals surface area contributed by atoms with Gasteiger partial charge >= 0.3 is 0 Å². The molecule has 0 bridgehead atoms. The van der Waals surface area contributed by atoms with Gasteiger partial charge in [-0.25, -0.2) is 0 Å². The zero-order valence-corrected chi connectivity index (χ0v) is 14.1. The fraction of sp³-hybridized carbons (Fsp3) is 0.278. The number of hydrogen-bond acceptors (Lipinski definition) is 7. The molecule has 0 saturated carbocycles. The lowest BCUT2D eigenvalue weighted by Gasteiger charge is -2.17. The first-order chi connectivity index (χ1) is 12.0. The lowest BCUT2D eigenvalue weighted by Crippen LogP contribution is -2.17. The van der Waals surface area contributed by atoms with Gasteiger partial charge in [0, 0.05) is 5.56 Å². The Morgan fingerprint density at radius 2 is 1.52 bits per heavy atom. The van der Waals surface area contributed by atoms with E-state index in [-0.39, 0.29) is 40.1 Å². The third kappa shape index (κ3) is 3.61. The summed E-state index contributed by atoms with van der Waals surface area (Å²) in [5.74, 6) is -1.15. The summed E-state index contributed by atoms with van der Waals surface area (Å²) in [6.45, 7) is -0.459. The zero-order valence-electron chi connectivity index (χ0n) is 14.1. The maximum absolute atomic E-state index is 12.8. The standard InChI is InChI=1S/C18H20O7/c1-23-14-6-10(4-5-13(14)20)17(21)12(9-19)11-7-15(24-2)18(22)16(8-11)25-3/h4-8,12,19-20,22H,9H2,1-3H3. The number of carbonyl (C=O) groups is 1. The first kappa shape index (κ1) is 18.4. The Morgan fingerprint density at radius 1 is 0.960 bits per heavy atom. The first-order valence-corrected chi connectivity index (χ1v) is 7.43. The van der Waals surface area contributed by atoms with E-state index in [0.717, 1.165) is 0 Å². The number of hydrogen-bond donors (Lipinski definition) is 3. The molecule has 0 aliphatic heterocycles. The molecule has 2 rings (SSSR count). The van der Waals surface area contributed by atoms with Gasteiger partial charge in [-0.2, -0.15) is 0 Å². The van der Waals surface area contributed by atoms with Crippen LogP contribution in [0.3, 0.4) is 0 Å². The minimum atomic E-state index is -0.905. The molecule has 0 amide bonds. The largest absolute Gasteiger partial charge is 0.504 e. The van der Waals surface area contributed by atoms with Crippen LogP contribution >= 0.6 is 0 Å². The molecule has 0 heterocycles. The number of ketones is 1. The van der Waals surface area contributed by atoms with Gasteiger partial charge in [0.25, 0.3) is 0 Å². The van der Waals surface area contributed by atoms with Crippen LogP contribution in [0, 0.1) is 0 Å². The number of rotatable bonds is 7. The number of carbonyl (C=O) groups excluding carboxylic acids is 1. The fourth-order valence-corrected chi connectivity index (χ4v) is 2.49. The molecule has 7 nitrogen and oxygen atoms in total. The number of aliphatic hydroxyl groups excluding tert-OH is 1. The Hall–Kier alpha value is -2.93. The second kappa shape index (κ2) is 7.76. The van der Waals surface area contributed by atoms with E-state index >= 15 is 0 Å². The number of aromatic hydroxyl groups is 2. The quantitative estimate of drug-likeness (QED) is 0.658. The van der Waals surface area contributed by atoms with Crippen molar-refractivity contribution in [2.45, 2.75) is 5.92 Å². The van der Waals surface area contributed by atoms with Crippen LogP contribution in [-0.4, -0.2) is 49.0 Å². The Balaban J connectivity index is 2.47. The summed E-state index contributed by atoms with van der Waals surface area (Å²) >= 11 is 0. The third-order valence-electron chi connectivity index (χ3n) is 3.87. The molecule has 0 aliphatic rings. The molecule has 0 fully saturated rings. The number of Topliss-reactive ketones (excluding diaryl/α,β-unsaturated/α-hetero) is 1. The van der Waals surface area contributed by atoms with Crippen LogP contribution in [0.5, 0.6) is 28.7 Å². The topological polar surface area (TPSA) is 105 Å². The van der Waals surface area contributed by atoms with Crippen LogP contribution in [0.2, 0.25) is 0 Å². The molecule has 7 heteroatoms. The van der Waals surface area contributed by atoms with Gasteiger partial charge in [0.1, 0.15) is 0 Å². The normalized spacial score (nSPS) is 11.7. The molecule has 0 aliphatic carbocycles. The van der Waals surface area contributed by atoms with Crippen molar-refractivity contribution in [3.63, 3.8) is 0 Å². The second-order valence-corrected chi connectivity index (χ2v) is 5.26. The first-order valence-electron chi connectivity index (χ1n) is 7.43. The number of phenolic OH excluding ortho intramolecular Hbond substituents is 2. The van der Waals surface area contributed by atoms with E-state index in [2.05, 4.69) is 0 Å². The van der Waals surface area contributed by atoms with Crippen LogP contribution in [0.4, 0.5) is 0 Å². The van der Waals surface area contributed by atoms with E-state index in [9.17, 15) is 20.1 Å². The molecule has 3 N–H and O–H groups in total. The predicted molar refractivity (Wildman–Crippen MR) is 90.0 cm³/mol. The lowest BCUT2D eigenvalue weighted by atomic mass is 9.90. The number of aliphatic hydroxyl groups is 1. The smallest absolute Gasteiger partial charge is 0.200 e. The maximum Gasteiger partial charge on any atom is 0.200 e. The van der Waals surface area contributed by atoms with Gasteiger partial charge in [0.2, 0.25) is 5.75 Å². The monoisotopic (exact) mass is 348 g/mol. The zero-order chi connectivity index (χ0) is 18.6. The summed E-state index contributed by atoms with van der Waals surface area (Å²) in [7, 11) is 4.13. The van der Waals surface area contributed by atoms with Gasteiger partial charge in [0.05, 0.1) is 33.9 Å². The van der Waals surface area contributed by atoms with Crippen LogP contribution in [0.1, 0.15) is 21.8 Å². The van der Waals surface area contributed by atoms with E-state index in [1.807, 2.05) is 0 Å². The lowest BCUT2D eigenvalue weighted by molar-refractivity contribution is 0.0921. The number of ether oxygens (including phenoxy) is 3. The summed E-state index contributed by atoms with van der Waals surface area (Å²) in [6, 6.07) is 7.12. The summed E-state index contributed by atoms with van der Waals surface area (Å²) < 4.78 is 15.2. The SMILES string of the molecule is COc1cc(C(=O)C(CO)c2cc(OC)c(O)c(OC)c2)ccc1O. The van der Waals surface area contributed by atoms with Crippen LogP contribution < -0.4 is 14.2 Å². The van der Waals surface area contributed by atoms with Gasteiger partial charge in [-0.3, -0.25) is 4.79 Å². The highest BCUT2D eigenvalue weighted by molar-refractivity contribution is 6.01. The number of phenols is 2. The maximum atomic E-state index is 12.8. The highest BCUT2D eigenvalue weighted by Crippen LogP contribution is 2.40. The van der Waals surface area contributed by atoms with Gasteiger partial charge < -0.3 is 29.5 Å². The van der Waals surface area contributed by atoms with Crippen molar-refractivity contribution in [3.05, 3.63) is 41.5 Å². The van der Waals surface area contributed by atoms with Crippen molar-refractivity contribution in [2.24, 2.45) is 0 Å². The predicted octanol–water partition coefficient (Wildman–Crippen LogP) is 2.08. The average molecular weight is 348 g/mol. The number of methoxy groups -OCH3 is 3. The van der Waals surface area contributed by atoms with Crippen LogP contribution in [0.15, 0.2) is 30.3 Å². The van der Waals surface area contributed by atoms with E-state index in [4.69, 9.17) is 14.2 Å². The molecule has 134 valence electrons. The Morgan fingerprint density at radius 3 is 2.00 bits per heavy atom. The van der Waals surface area contributed by atoms with Gasteiger partial charge in [-0.15, -0.1) is 0 Å². The molecule has 2 aromatic rings. The van der Waals surface area contributed by atoms with Gasteiger partial charge in [0.15, 0.2) is 28.8 Å². The Labute approximate surface area is 145 Å². The van der Waals surface area contributed by atoms with E-state index < -0.39 is 12.5 Å². The van der Waals surface area contributed by atoms with Crippen molar-refractivity contribution in [2.75, 3.05) is 27.9 Å². The van der Waals surface area contributed by atoms with Crippen molar-refractivity contribution in [1.29, 1.82) is 0 Å². The molecule has 25 heavy (non-hydrogen) atoms. The Bertz CT molecular complexity index is 745. The highest BCUT2D eigenvalue weighted by atomic mass is 16.5. The molecular formula is C18H20O7. The summed E-state index contributed by atoms with van der Waals surface area (Å²) in [5.41, 5.74) is 0.686. The minimum absolute atomic E-state index is 0.0902. The molecule has 0 radical (unpaired) electrons. The van der Waals surface area contributed by atoms with E-state index in [1.54, 1.807) is 0 Å². The minimum Gasteiger partial charge on any atom is -0.504 e. The van der Waals surface area contributed by atoms with Crippen LogP contribution in [-0.2, 0) is 0 Å². The molecule has 1 unspecified atom stereocenters. The molecule has 1 atom stereocenters. The molecule has 0 aromatic heterocycles. The van der Waals surface area contributed by atoms with Crippen LogP contribution in [0.25, 0.3) is 0 Å². The van der Waals surface area contributed by atoms with Crippen molar-refractivity contribution in [3.8, 4) is 28.7 Å². The van der Waals surface area contributed by atoms with Crippen molar-refractivity contribution in [1.82, 2.24) is 0 Å². The second-order valence-electron chi connectivity index (χ2n) is 5.26. The molecule has 0 saturated heterocycles. The average Bonchev–Trinajstić information content (AvgIpc) is 2.63. The summed E-state index contributed by atoms with van der Waals surface area (Å²) in [4.78, 5) is 12.8. The van der Waals surface area contributed by atoms with E-state index in [1.165, 1.54) is 51.7 Å². The highest BCUT2D eigenvalue weighted by Gasteiger charge is 2.25. The summed E-state index contributed by atoms with van der Waals surface area (Å²) in [5, 5.41) is 29.4. The van der Waals surface area contributed by atoms with Crippen molar-refractivity contribution >= 4 is 5.78 Å². The molecular weight excluding hydrogens is 328 g/mol. The molecule has 2 aromatic carbocycles.